The maximum Gasteiger partial charge on any atom is 0.407 e. The van der Waals surface area contributed by atoms with E-state index in [-0.39, 0.29) is 25.4 Å². The maximum absolute atomic E-state index is 12.5. The average Bonchev–Trinajstić information content (AvgIpc) is 2.62. The number of esters is 1. The van der Waals surface area contributed by atoms with Crippen LogP contribution in [0.2, 0.25) is 0 Å². The first-order chi connectivity index (χ1) is 13.1. The number of Topliss-reactive ketones (excluding diaryl/α,β-unsaturated/α-hetero) is 1. The molecule has 7 nitrogen and oxygen atoms in total. The predicted molar refractivity (Wildman–Crippen MR) is 105 cm³/mol. The first kappa shape index (κ1) is 23.6. The number of carbonyl (C=O) groups is 3. The topological polar surface area (TPSA) is 102 Å². The van der Waals surface area contributed by atoms with Crippen molar-refractivity contribution in [3.63, 3.8) is 0 Å². The Kier molecular flexibility index (Phi) is 9.65. The lowest BCUT2D eigenvalue weighted by atomic mass is 9.85. The number of alkyl carbamates (subject to hydrolysis) is 1. The molecule has 0 aliphatic heterocycles. The van der Waals surface area contributed by atoms with Crippen LogP contribution in [-0.4, -0.2) is 41.7 Å². The molecule has 0 aliphatic rings. The number of ether oxygens (including phenoxy) is 2. The Labute approximate surface area is 166 Å². The number of carbonyl (C=O) groups excluding carboxylic acids is 3. The van der Waals surface area contributed by atoms with Crippen LogP contribution < -0.4 is 5.32 Å². The Balaban J connectivity index is 2.85. The van der Waals surface area contributed by atoms with Crippen molar-refractivity contribution in [1.29, 1.82) is 0 Å². The number of hydrogen-bond donors (Lipinski definition) is 2. The van der Waals surface area contributed by atoms with E-state index in [2.05, 4.69) is 5.32 Å². The summed E-state index contributed by atoms with van der Waals surface area (Å²) in [6.45, 7) is 6.62. The third-order valence-corrected chi connectivity index (χ3v) is 4.17. The zero-order valence-electron chi connectivity index (χ0n) is 17.1. The molecule has 0 saturated heterocycles. The van der Waals surface area contributed by atoms with Crippen molar-refractivity contribution in [2.75, 3.05) is 6.61 Å². The van der Waals surface area contributed by atoms with Crippen LogP contribution in [-0.2, 0) is 25.7 Å². The minimum atomic E-state index is -0.745. The predicted octanol–water partition coefficient (Wildman–Crippen LogP) is 2.99. The van der Waals surface area contributed by atoms with E-state index >= 15 is 0 Å². The van der Waals surface area contributed by atoms with Gasteiger partial charge in [-0.25, -0.2) is 4.79 Å². The SMILES string of the molecule is CC(=O)O[C@@H](CCCO)[C@H](CC(=O)C(C)(C)C)NC(=O)OCc1ccccc1. The number of ketones is 1. The Bertz CT molecular complexity index is 638. The van der Waals surface area contributed by atoms with Crippen LogP contribution in [0, 0.1) is 5.41 Å². The molecule has 1 amide bonds. The molecule has 2 atom stereocenters. The lowest BCUT2D eigenvalue weighted by Gasteiger charge is -2.29. The summed E-state index contributed by atoms with van der Waals surface area (Å²) in [5.74, 6) is -0.599. The standard InChI is InChI=1S/C21H31NO6/c1-15(24)28-18(11-8-12-23)17(13-19(25)21(2,3)4)22-20(26)27-14-16-9-6-5-7-10-16/h5-7,9-10,17-18,23H,8,11-14H2,1-4H3,(H,22,26)/t17-,18-/m0/s1. The largest absolute Gasteiger partial charge is 0.460 e. The van der Waals surface area contributed by atoms with Crippen LogP contribution in [0.4, 0.5) is 4.79 Å². The van der Waals surface area contributed by atoms with Gasteiger partial charge in [0.1, 0.15) is 18.5 Å². The van der Waals surface area contributed by atoms with E-state index in [4.69, 9.17) is 14.6 Å². The molecule has 0 aliphatic carbocycles. The molecule has 0 unspecified atom stereocenters. The minimum absolute atomic E-state index is 0.00663. The summed E-state index contributed by atoms with van der Waals surface area (Å²) >= 11 is 0. The van der Waals surface area contributed by atoms with E-state index in [0.717, 1.165) is 5.56 Å². The summed E-state index contributed by atoms with van der Waals surface area (Å²) in [4.78, 5) is 36.3. The van der Waals surface area contributed by atoms with Gasteiger partial charge in [-0.05, 0) is 18.4 Å². The molecule has 7 heteroatoms. The molecule has 0 radical (unpaired) electrons. The fraction of sp³-hybridized carbons (Fsp3) is 0.571. The van der Waals surface area contributed by atoms with Crippen molar-refractivity contribution in [1.82, 2.24) is 5.32 Å². The zero-order valence-corrected chi connectivity index (χ0v) is 17.1. The van der Waals surface area contributed by atoms with Crippen molar-refractivity contribution < 1.29 is 29.0 Å². The highest BCUT2D eigenvalue weighted by Gasteiger charge is 2.32. The second-order valence-electron chi connectivity index (χ2n) is 7.70. The summed E-state index contributed by atoms with van der Waals surface area (Å²) in [6, 6.07) is 8.46. The molecular weight excluding hydrogens is 362 g/mol. The first-order valence-electron chi connectivity index (χ1n) is 9.42. The van der Waals surface area contributed by atoms with Crippen LogP contribution >= 0.6 is 0 Å². The molecule has 0 saturated carbocycles. The molecule has 1 rings (SSSR count). The zero-order chi connectivity index (χ0) is 21.2. The summed E-state index contributed by atoms with van der Waals surface area (Å²) < 4.78 is 10.6. The smallest absolute Gasteiger partial charge is 0.407 e. The molecule has 2 N–H and O–H groups in total. The highest BCUT2D eigenvalue weighted by molar-refractivity contribution is 5.84. The quantitative estimate of drug-likeness (QED) is 0.593. The molecular formula is C21H31NO6. The lowest BCUT2D eigenvalue weighted by Crippen LogP contribution is -2.47. The summed E-state index contributed by atoms with van der Waals surface area (Å²) in [5.41, 5.74) is 0.225. The third kappa shape index (κ3) is 8.99. The van der Waals surface area contributed by atoms with Gasteiger partial charge < -0.3 is 19.9 Å². The van der Waals surface area contributed by atoms with Crippen LogP contribution in [0.15, 0.2) is 30.3 Å². The van der Waals surface area contributed by atoms with Gasteiger partial charge in [0.05, 0.1) is 6.04 Å². The summed E-state index contributed by atoms with van der Waals surface area (Å²) in [7, 11) is 0. The number of nitrogens with one attached hydrogen (secondary N) is 1. The lowest BCUT2D eigenvalue weighted by molar-refractivity contribution is -0.149. The van der Waals surface area contributed by atoms with Crippen molar-refractivity contribution >= 4 is 17.8 Å². The number of benzene rings is 1. The van der Waals surface area contributed by atoms with E-state index in [1.165, 1.54) is 6.92 Å². The van der Waals surface area contributed by atoms with Gasteiger partial charge in [0, 0.05) is 25.4 Å². The Morgan fingerprint density at radius 2 is 1.79 bits per heavy atom. The molecule has 0 spiro atoms. The fourth-order valence-electron chi connectivity index (χ4n) is 2.55. The van der Waals surface area contributed by atoms with Crippen LogP contribution in [0.1, 0.15) is 52.5 Å². The van der Waals surface area contributed by atoms with Gasteiger partial charge in [-0.15, -0.1) is 0 Å². The Hall–Kier alpha value is -2.41. The van der Waals surface area contributed by atoms with E-state index in [0.29, 0.717) is 12.8 Å². The van der Waals surface area contributed by atoms with E-state index in [9.17, 15) is 14.4 Å². The molecule has 156 valence electrons. The van der Waals surface area contributed by atoms with Crippen LogP contribution in [0.5, 0.6) is 0 Å². The van der Waals surface area contributed by atoms with Crippen molar-refractivity contribution in [3.05, 3.63) is 35.9 Å². The number of amides is 1. The minimum Gasteiger partial charge on any atom is -0.460 e. The second-order valence-corrected chi connectivity index (χ2v) is 7.70. The maximum atomic E-state index is 12.5. The molecule has 0 fully saturated rings. The van der Waals surface area contributed by atoms with Gasteiger partial charge in [0.2, 0.25) is 0 Å². The average molecular weight is 393 g/mol. The van der Waals surface area contributed by atoms with Gasteiger partial charge in [-0.3, -0.25) is 9.59 Å². The molecule has 1 aromatic carbocycles. The van der Waals surface area contributed by atoms with Crippen molar-refractivity contribution in [3.8, 4) is 0 Å². The van der Waals surface area contributed by atoms with Crippen LogP contribution in [0.25, 0.3) is 0 Å². The molecule has 0 heterocycles. The van der Waals surface area contributed by atoms with E-state index in [1.54, 1.807) is 20.8 Å². The van der Waals surface area contributed by atoms with Crippen molar-refractivity contribution in [2.24, 2.45) is 5.41 Å². The normalized spacial score (nSPS) is 13.3. The second kappa shape index (κ2) is 11.4. The molecule has 0 aromatic heterocycles. The summed E-state index contributed by atoms with van der Waals surface area (Å²) in [5, 5.41) is 11.8. The number of hydrogen-bond acceptors (Lipinski definition) is 6. The summed E-state index contributed by atoms with van der Waals surface area (Å²) in [6.07, 6.45) is -0.750. The van der Waals surface area contributed by atoms with Gasteiger partial charge >= 0.3 is 12.1 Å². The first-order valence-corrected chi connectivity index (χ1v) is 9.42. The number of rotatable bonds is 10. The molecule has 0 bridgehead atoms. The van der Waals surface area contributed by atoms with Gasteiger partial charge in [-0.1, -0.05) is 51.1 Å². The monoisotopic (exact) mass is 393 g/mol. The van der Waals surface area contributed by atoms with E-state index in [1.807, 2.05) is 30.3 Å². The van der Waals surface area contributed by atoms with Gasteiger partial charge in [-0.2, -0.15) is 0 Å². The fourth-order valence-corrected chi connectivity index (χ4v) is 2.55. The third-order valence-electron chi connectivity index (χ3n) is 4.17. The number of aliphatic hydroxyl groups excluding tert-OH is 1. The Morgan fingerprint density at radius 3 is 2.32 bits per heavy atom. The molecule has 28 heavy (non-hydrogen) atoms. The van der Waals surface area contributed by atoms with Crippen LogP contribution in [0.3, 0.4) is 0 Å². The highest BCUT2D eigenvalue weighted by Crippen LogP contribution is 2.21. The Morgan fingerprint density at radius 1 is 1.14 bits per heavy atom. The van der Waals surface area contributed by atoms with Gasteiger partial charge in [0.15, 0.2) is 0 Å². The highest BCUT2D eigenvalue weighted by atomic mass is 16.6. The molecule has 1 aromatic rings. The number of aliphatic hydroxyl groups is 1. The van der Waals surface area contributed by atoms with Crippen molar-refractivity contribution in [2.45, 2.75) is 65.7 Å². The van der Waals surface area contributed by atoms with Gasteiger partial charge in [0.25, 0.3) is 0 Å². The van der Waals surface area contributed by atoms with E-state index < -0.39 is 29.6 Å².